The number of rotatable bonds is 7. The van der Waals surface area contributed by atoms with Crippen LogP contribution in [-0.2, 0) is 6.54 Å². The zero-order valence-electron chi connectivity index (χ0n) is 13.9. The van der Waals surface area contributed by atoms with Crippen LogP contribution in [-0.4, -0.2) is 24.6 Å². The van der Waals surface area contributed by atoms with Crippen molar-refractivity contribution in [2.45, 2.75) is 26.8 Å². The second kappa shape index (κ2) is 8.53. The lowest BCUT2D eigenvalue weighted by Crippen LogP contribution is -2.32. The van der Waals surface area contributed by atoms with Crippen LogP contribution >= 0.6 is 11.3 Å². The number of methoxy groups -OCH3 is 1. The minimum absolute atomic E-state index is 0.477. The predicted octanol–water partition coefficient (Wildman–Crippen LogP) is 3.27. The summed E-state index contributed by atoms with van der Waals surface area (Å²) in [5.74, 6) is 1.97. The summed E-state index contributed by atoms with van der Waals surface area (Å²) in [6, 6.07) is 7.88. The molecule has 0 saturated carbocycles. The van der Waals surface area contributed by atoms with Crippen LogP contribution in [0.2, 0.25) is 0 Å². The largest absolute Gasteiger partial charge is 0.497 e. The molecule has 3 N–H and O–H groups in total. The fraction of sp³-hybridized carbons (Fsp3) is 0.412. The van der Waals surface area contributed by atoms with Gasteiger partial charge in [0, 0.05) is 17.5 Å². The fourth-order valence-electron chi connectivity index (χ4n) is 1.96. The molecule has 0 bridgehead atoms. The summed E-state index contributed by atoms with van der Waals surface area (Å²) < 4.78 is 5.17. The number of aromatic nitrogens is 1. The molecule has 0 atom stereocenters. The van der Waals surface area contributed by atoms with Crippen LogP contribution in [0.3, 0.4) is 0 Å². The van der Waals surface area contributed by atoms with E-state index < -0.39 is 0 Å². The molecular weight excluding hydrogens is 308 g/mol. The maximum Gasteiger partial charge on any atom is 0.188 e. The number of guanidine groups is 1. The van der Waals surface area contributed by atoms with E-state index in [1.165, 1.54) is 0 Å². The van der Waals surface area contributed by atoms with Crippen LogP contribution in [0.4, 0.5) is 0 Å². The summed E-state index contributed by atoms with van der Waals surface area (Å²) in [5, 5.41) is 6.12. The van der Waals surface area contributed by atoms with Crippen molar-refractivity contribution in [3.8, 4) is 16.3 Å². The molecule has 0 aliphatic carbocycles. The number of benzene rings is 1. The molecule has 124 valence electrons. The van der Waals surface area contributed by atoms with Crippen LogP contribution in [0.25, 0.3) is 10.6 Å². The van der Waals surface area contributed by atoms with Crippen LogP contribution in [0, 0.1) is 5.92 Å². The Hall–Kier alpha value is -2.08. The molecule has 0 aliphatic heterocycles. The van der Waals surface area contributed by atoms with Crippen molar-refractivity contribution >= 4 is 17.3 Å². The maximum atomic E-state index is 5.86. The summed E-state index contributed by atoms with van der Waals surface area (Å²) in [6.45, 7) is 5.71. The maximum absolute atomic E-state index is 5.86. The molecule has 0 saturated heterocycles. The number of hydrogen-bond acceptors (Lipinski definition) is 4. The topological polar surface area (TPSA) is 72.5 Å². The summed E-state index contributed by atoms with van der Waals surface area (Å²) in [7, 11) is 1.66. The standard InChI is InChI=1S/C17H24N4OS/c1-12(2)8-9-19-17(18)20-10-14-11-23-16(21-14)13-4-6-15(22-3)7-5-13/h4-7,11-12H,8-10H2,1-3H3,(H3,18,19,20). The molecule has 6 heteroatoms. The van der Waals surface area contributed by atoms with E-state index in [4.69, 9.17) is 10.5 Å². The molecule has 0 amide bonds. The first-order chi connectivity index (χ1) is 11.1. The smallest absolute Gasteiger partial charge is 0.188 e. The Morgan fingerprint density at radius 2 is 2.09 bits per heavy atom. The quantitative estimate of drug-likeness (QED) is 0.603. The van der Waals surface area contributed by atoms with E-state index >= 15 is 0 Å². The summed E-state index contributed by atoms with van der Waals surface area (Å²) in [4.78, 5) is 8.94. The van der Waals surface area contributed by atoms with Crippen molar-refractivity contribution in [1.29, 1.82) is 0 Å². The van der Waals surface area contributed by atoms with Crippen molar-refractivity contribution in [1.82, 2.24) is 10.3 Å². The van der Waals surface area contributed by atoms with Crippen molar-refractivity contribution in [3.63, 3.8) is 0 Å². The van der Waals surface area contributed by atoms with Gasteiger partial charge in [-0.25, -0.2) is 9.98 Å². The highest BCUT2D eigenvalue weighted by molar-refractivity contribution is 7.13. The van der Waals surface area contributed by atoms with Gasteiger partial charge in [-0.1, -0.05) is 13.8 Å². The van der Waals surface area contributed by atoms with Gasteiger partial charge in [0.2, 0.25) is 0 Å². The van der Waals surface area contributed by atoms with Gasteiger partial charge < -0.3 is 15.8 Å². The minimum atomic E-state index is 0.477. The Labute approximate surface area is 141 Å². The number of thiazole rings is 1. The second-order valence-corrected chi connectivity index (χ2v) is 6.54. The molecule has 1 aromatic heterocycles. The van der Waals surface area contributed by atoms with Crippen molar-refractivity contribution < 1.29 is 4.74 Å². The Morgan fingerprint density at radius 1 is 1.35 bits per heavy atom. The second-order valence-electron chi connectivity index (χ2n) is 5.68. The zero-order chi connectivity index (χ0) is 16.7. The van der Waals surface area contributed by atoms with Gasteiger partial charge in [-0.05, 0) is 36.6 Å². The molecule has 23 heavy (non-hydrogen) atoms. The van der Waals surface area contributed by atoms with Gasteiger partial charge >= 0.3 is 0 Å². The van der Waals surface area contributed by atoms with Crippen LogP contribution < -0.4 is 15.8 Å². The first-order valence-electron chi connectivity index (χ1n) is 7.71. The van der Waals surface area contributed by atoms with Crippen LogP contribution in [0.1, 0.15) is 26.0 Å². The molecule has 5 nitrogen and oxygen atoms in total. The number of nitrogens with zero attached hydrogens (tertiary/aromatic N) is 2. The lowest BCUT2D eigenvalue weighted by atomic mass is 10.1. The molecule has 0 unspecified atom stereocenters. The van der Waals surface area contributed by atoms with Gasteiger partial charge in [-0.2, -0.15) is 0 Å². The first kappa shape index (κ1) is 17.3. The average molecular weight is 332 g/mol. The number of nitrogens with one attached hydrogen (secondary N) is 1. The third kappa shape index (κ3) is 5.56. The van der Waals surface area contributed by atoms with E-state index in [9.17, 15) is 0 Å². The third-order valence-corrected chi connectivity index (χ3v) is 4.27. The van der Waals surface area contributed by atoms with E-state index in [2.05, 4.69) is 29.1 Å². The van der Waals surface area contributed by atoms with Crippen molar-refractivity contribution in [2.24, 2.45) is 16.6 Å². The molecule has 2 rings (SSSR count). The Kier molecular flexibility index (Phi) is 6.40. The molecular formula is C17H24N4OS. The monoisotopic (exact) mass is 332 g/mol. The molecule has 0 fully saturated rings. The highest BCUT2D eigenvalue weighted by Gasteiger charge is 2.05. The van der Waals surface area contributed by atoms with Crippen molar-refractivity contribution in [2.75, 3.05) is 13.7 Å². The lowest BCUT2D eigenvalue weighted by molar-refractivity contribution is 0.415. The van der Waals surface area contributed by atoms with E-state index in [1.807, 2.05) is 29.6 Å². The Balaban J connectivity index is 1.91. The molecule has 1 aromatic carbocycles. The highest BCUT2D eigenvalue weighted by Crippen LogP contribution is 2.25. The third-order valence-electron chi connectivity index (χ3n) is 3.33. The average Bonchev–Trinajstić information content (AvgIpc) is 3.01. The number of nitrogens with two attached hydrogens (primary N) is 1. The Bertz CT molecular complexity index is 634. The van der Waals surface area contributed by atoms with Gasteiger partial charge in [-0.3, -0.25) is 0 Å². The normalized spacial score (nSPS) is 11.7. The van der Waals surface area contributed by atoms with E-state index in [-0.39, 0.29) is 0 Å². The summed E-state index contributed by atoms with van der Waals surface area (Å²) in [5.41, 5.74) is 7.86. The Morgan fingerprint density at radius 3 is 2.74 bits per heavy atom. The summed E-state index contributed by atoms with van der Waals surface area (Å²) >= 11 is 1.61. The minimum Gasteiger partial charge on any atom is -0.497 e. The van der Waals surface area contributed by atoms with Gasteiger partial charge in [0.15, 0.2) is 5.96 Å². The van der Waals surface area contributed by atoms with Gasteiger partial charge in [0.25, 0.3) is 0 Å². The number of ether oxygens (including phenoxy) is 1. The molecule has 2 aromatic rings. The molecule has 0 aliphatic rings. The van der Waals surface area contributed by atoms with E-state index in [0.717, 1.165) is 35.0 Å². The zero-order valence-corrected chi connectivity index (χ0v) is 14.7. The van der Waals surface area contributed by atoms with Gasteiger partial charge in [0.1, 0.15) is 10.8 Å². The number of aliphatic imine (C=N–C) groups is 1. The van der Waals surface area contributed by atoms with E-state index in [1.54, 1.807) is 18.4 Å². The molecule has 1 heterocycles. The highest BCUT2D eigenvalue weighted by atomic mass is 32.1. The lowest BCUT2D eigenvalue weighted by Gasteiger charge is -2.06. The first-order valence-corrected chi connectivity index (χ1v) is 8.59. The fourth-order valence-corrected chi connectivity index (χ4v) is 2.77. The summed E-state index contributed by atoms with van der Waals surface area (Å²) in [6.07, 6.45) is 1.08. The predicted molar refractivity (Wildman–Crippen MR) is 96.9 cm³/mol. The number of hydrogen-bond donors (Lipinski definition) is 2. The molecule has 0 radical (unpaired) electrons. The SMILES string of the molecule is COc1ccc(-c2nc(CN=C(N)NCCC(C)C)cs2)cc1. The molecule has 0 spiro atoms. The van der Waals surface area contributed by atoms with Crippen LogP contribution in [0.15, 0.2) is 34.6 Å². The van der Waals surface area contributed by atoms with E-state index in [0.29, 0.717) is 18.4 Å². The van der Waals surface area contributed by atoms with Crippen LogP contribution in [0.5, 0.6) is 5.75 Å². The van der Waals surface area contributed by atoms with Gasteiger partial charge in [-0.15, -0.1) is 11.3 Å². The van der Waals surface area contributed by atoms with Crippen molar-refractivity contribution in [3.05, 3.63) is 35.3 Å². The van der Waals surface area contributed by atoms with Gasteiger partial charge in [0.05, 0.1) is 19.3 Å².